The molecule has 0 aromatic heterocycles. The summed E-state index contributed by atoms with van der Waals surface area (Å²) in [5.74, 6) is 0. The molecule has 0 bridgehead atoms. The van der Waals surface area contributed by atoms with Crippen molar-refractivity contribution in [2.24, 2.45) is 0 Å². The summed E-state index contributed by atoms with van der Waals surface area (Å²) in [4.78, 5) is 0.660. The molecule has 1 aromatic carbocycles. The maximum absolute atomic E-state index is 3.56. The van der Waals surface area contributed by atoms with Crippen molar-refractivity contribution in [3.05, 3.63) is 34.3 Å². The molecule has 1 aromatic rings. The third kappa shape index (κ3) is 5.16. The standard InChI is InChI=1S/C12H16Br2/c1-10(13)4-2-3-5-11-6-8-12(14)9-7-11/h6-10H,2-5H2,1H3. The number of hydrogen-bond donors (Lipinski definition) is 0. The lowest BCUT2D eigenvalue weighted by atomic mass is 10.1. The number of unbranched alkanes of at least 4 members (excludes halogenated alkanes) is 1. The van der Waals surface area contributed by atoms with Crippen LogP contribution in [-0.2, 0) is 6.42 Å². The lowest BCUT2D eigenvalue weighted by molar-refractivity contribution is 0.680. The summed E-state index contributed by atoms with van der Waals surface area (Å²) < 4.78 is 1.16. The number of rotatable bonds is 5. The second-order valence-corrected chi connectivity index (χ2v) is 6.13. The molecule has 0 amide bonds. The van der Waals surface area contributed by atoms with Crippen molar-refractivity contribution in [2.75, 3.05) is 0 Å². The smallest absolute Gasteiger partial charge is 0.0175 e. The van der Waals surface area contributed by atoms with Gasteiger partial charge in [-0.3, -0.25) is 0 Å². The average molecular weight is 320 g/mol. The van der Waals surface area contributed by atoms with Crippen LogP contribution in [0.1, 0.15) is 31.7 Å². The maximum Gasteiger partial charge on any atom is 0.0175 e. The van der Waals surface area contributed by atoms with Crippen LogP contribution >= 0.6 is 31.9 Å². The van der Waals surface area contributed by atoms with Crippen LogP contribution in [-0.4, -0.2) is 4.83 Å². The fourth-order valence-electron chi connectivity index (χ4n) is 1.41. The van der Waals surface area contributed by atoms with Gasteiger partial charge in [-0.05, 0) is 37.0 Å². The Kier molecular flexibility index (Phi) is 5.80. The normalized spacial score (nSPS) is 12.8. The van der Waals surface area contributed by atoms with Crippen LogP contribution in [0.3, 0.4) is 0 Å². The molecule has 0 saturated carbocycles. The Bertz CT molecular complexity index is 252. The fraction of sp³-hybridized carbons (Fsp3) is 0.500. The Hall–Kier alpha value is 0.180. The minimum atomic E-state index is 0.660. The second kappa shape index (κ2) is 6.62. The number of alkyl halides is 1. The van der Waals surface area contributed by atoms with Gasteiger partial charge < -0.3 is 0 Å². The van der Waals surface area contributed by atoms with E-state index in [4.69, 9.17) is 0 Å². The van der Waals surface area contributed by atoms with Crippen LogP contribution in [0, 0.1) is 0 Å². The molecule has 0 fully saturated rings. The van der Waals surface area contributed by atoms with Gasteiger partial charge in [0.2, 0.25) is 0 Å². The molecule has 0 heterocycles. The largest absolute Gasteiger partial charge is 0.0894 e. The van der Waals surface area contributed by atoms with Gasteiger partial charge in [0.25, 0.3) is 0 Å². The zero-order chi connectivity index (χ0) is 10.4. The molecule has 14 heavy (non-hydrogen) atoms. The summed E-state index contributed by atoms with van der Waals surface area (Å²) in [6.07, 6.45) is 5.07. The van der Waals surface area contributed by atoms with Crippen molar-refractivity contribution in [1.82, 2.24) is 0 Å². The zero-order valence-corrected chi connectivity index (χ0v) is 11.6. The van der Waals surface area contributed by atoms with E-state index in [1.165, 1.54) is 31.2 Å². The quantitative estimate of drug-likeness (QED) is 0.532. The van der Waals surface area contributed by atoms with E-state index < -0.39 is 0 Å². The van der Waals surface area contributed by atoms with Gasteiger partial charge >= 0.3 is 0 Å². The summed E-state index contributed by atoms with van der Waals surface area (Å²) in [6, 6.07) is 8.62. The molecule has 0 aliphatic carbocycles. The molecule has 0 aliphatic rings. The van der Waals surface area contributed by atoms with E-state index in [9.17, 15) is 0 Å². The minimum absolute atomic E-state index is 0.660. The van der Waals surface area contributed by atoms with E-state index in [1.54, 1.807) is 0 Å². The number of hydrogen-bond acceptors (Lipinski definition) is 0. The molecule has 0 N–H and O–H groups in total. The first-order valence-corrected chi connectivity index (χ1v) is 6.78. The van der Waals surface area contributed by atoms with Gasteiger partial charge in [-0.15, -0.1) is 0 Å². The van der Waals surface area contributed by atoms with Crippen LogP contribution in [0.5, 0.6) is 0 Å². The van der Waals surface area contributed by atoms with Crippen molar-refractivity contribution in [2.45, 2.75) is 37.4 Å². The van der Waals surface area contributed by atoms with Crippen LogP contribution in [0.4, 0.5) is 0 Å². The van der Waals surface area contributed by atoms with Crippen molar-refractivity contribution < 1.29 is 0 Å². The Morgan fingerprint density at radius 2 is 1.79 bits per heavy atom. The first kappa shape index (κ1) is 12.3. The van der Waals surface area contributed by atoms with Crippen molar-refractivity contribution in [3.8, 4) is 0 Å². The van der Waals surface area contributed by atoms with Crippen LogP contribution in [0.15, 0.2) is 28.7 Å². The van der Waals surface area contributed by atoms with Crippen LogP contribution in [0.25, 0.3) is 0 Å². The van der Waals surface area contributed by atoms with E-state index >= 15 is 0 Å². The molecule has 78 valence electrons. The van der Waals surface area contributed by atoms with Gasteiger partial charge in [0.15, 0.2) is 0 Å². The highest BCUT2D eigenvalue weighted by Gasteiger charge is 1.97. The molecular formula is C12H16Br2. The first-order valence-electron chi connectivity index (χ1n) is 5.07. The molecule has 0 aliphatic heterocycles. The topological polar surface area (TPSA) is 0 Å². The summed E-state index contributed by atoms with van der Waals surface area (Å²) in [7, 11) is 0. The average Bonchev–Trinajstić information content (AvgIpc) is 2.15. The molecule has 0 saturated heterocycles. The van der Waals surface area contributed by atoms with Crippen molar-refractivity contribution >= 4 is 31.9 Å². The van der Waals surface area contributed by atoms with E-state index in [1.807, 2.05) is 0 Å². The third-order valence-corrected chi connectivity index (χ3v) is 3.22. The Morgan fingerprint density at radius 1 is 1.14 bits per heavy atom. The summed E-state index contributed by atoms with van der Waals surface area (Å²) >= 11 is 7.00. The van der Waals surface area contributed by atoms with Gasteiger partial charge in [-0.2, -0.15) is 0 Å². The highest BCUT2D eigenvalue weighted by Crippen LogP contribution is 2.14. The highest BCUT2D eigenvalue weighted by atomic mass is 79.9. The minimum Gasteiger partial charge on any atom is -0.0894 e. The Labute approximate surface area is 103 Å². The molecular weight excluding hydrogens is 304 g/mol. The third-order valence-electron chi connectivity index (χ3n) is 2.23. The molecule has 0 radical (unpaired) electrons. The molecule has 1 unspecified atom stereocenters. The lowest BCUT2D eigenvalue weighted by Gasteiger charge is -2.03. The van der Waals surface area contributed by atoms with Crippen LogP contribution in [0.2, 0.25) is 0 Å². The second-order valence-electron chi connectivity index (χ2n) is 3.65. The van der Waals surface area contributed by atoms with E-state index in [-0.39, 0.29) is 0 Å². The predicted octanol–water partition coefficient (Wildman–Crippen LogP) is 4.95. The van der Waals surface area contributed by atoms with Gasteiger partial charge in [0.1, 0.15) is 0 Å². The number of benzene rings is 1. The van der Waals surface area contributed by atoms with E-state index in [2.05, 4.69) is 63.0 Å². The summed E-state index contributed by atoms with van der Waals surface area (Å²) in [5.41, 5.74) is 1.44. The zero-order valence-electron chi connectivity index (χ0n) is 8.47. The Morgan fingerprint density at radius 3 is 2.36 bits per heavy atom. The molecule has 0 nitrogen and oxygen atoms in total. The summed E-state index contributed by atoms with van der Waals surface area (Å²) in [6.45, 7) is 2.21. The maximum atomic E-state index is 3.56. The first-order chi connectivity index (χ1) is 6.68. The van der Waals surface area contributed by atoms with Crippen molar-refractivity contribution in [1.29, 1.82) is 0 Å². The molecule has 1 rings (SSSR count). The summed E-state index contributed by atoms with van der Waals surface area (Å²) in [5, 5.41) is 0. The fourth-order valence-corrected chi connectivity index (χ4v) is 1.99. The predicted molar refractivity (Wildman–Crippen MR) is 70.1 cm³/mol. The highest BCUT2D eigenvalue weighted by molar-refractivity contribution is 9.10. The Balaban J connectivity index is 2.21. The van der Waals surface area contributed by atoms with E-state index in [0.717, 1.165) is 4.47 Å². The van der Waals surface area contributed by atoms with Crippen molar-refractivity contribution in [3.63, 3.8) is 0 Å². The molecule has 1 atom stereocenters. The number of halogens is 2. The van der Waals surface area contributed by atoms with Crippen LogP contribution < -0.4 is 0 Å². The van der Waals surface area contributed by atoms with E-state index in [0.29, 0.717) is 4.83 Å². The van der Waals surface area contributed by atoms with Gasteiger partial charge in [0, 0.05) is 9.30 Å². The SMILES string of the molecule is CC(Br)CCCCc1ccc(Br)cc1. The monoisotopic (exact) mass is 318 g/mol. The number of aryl methyl sites for hydroxylation is 1. The van der Waals surface area contributed by atoms with Gasteiger partial charge in [-0.1, -0.05) is 57.3 Å². The van der Waals surface area contributed by atoms with Gasteiger partial charge in [0.05, 0.1) is 0 Å². The lowest BCUT2D eigenvalue weighted by Crippen LogP contribution is -1.91. The van der Waals surface area contributed by atoms with Gasteiger partial charge in [-0.25, -0.2) is 0 Å². The molecule has 2 heteroatoms. The molecule has 0 spiro atoms.